The number of carbonyl (C=O) groups is 1. The Morgan fingerprint density at radius 1 is 1.40 bits per heavy atom. The minimum Gasteiger partial charge on any atom is -0.324 e. The number of hydrogen-bond donors (Lipinski definition) is 2. The van der Waals surface area contributed by atoms with Crippen molar-refractivity contribution in [2.24, 2.45) is 0 Å². The highest BCUT2D eigenvalue weighted by Crippen LogP contribution is 2.17. The van der Waals surface area contributed by atoms with Crippen LogP contribution in [0.25, 0.3) is 0 Å². The summed E-state index contributed by atoms with van der Waals surface area (Å²) in [5.74, 6) is 0.0797. The Morgan fingerprint density at radius 3 is 2.85 bits per heavy atom. The largest absolute Gasteiger partial charge is 0.324 e. The number of nitrogens with zero attached hydrogens (tertiary/aromatic N) is 1. The zero-order valence-electron chi connectivity index (χ0n) is 12.6. The molecule has 1 heterocycles. The molecule has 0 saturated carbocycles. The van der Waals surface area contributed by atoms with E-state index in [4.69, 9.17) is 0 Å². The topological polar surface area (TPSA) is 44.4 Å². The van der Waals surface area contributed by atoms with Crippen LogP contribution in [-0.2, 0) is 4.79 Å². The van der Waals surface area contributed by atoms with Crippen molar-refractivity contribution in [1.29, 1.82) is 0 Å². The van der Waals surface area contributed by atoms with Gasteiger partial charge in [0.25, 0.3) is 0 Å². The molecule has 2 rings (SSSR count). The third-order valence-electron chi connectivity index (χ3n) is 4.19. The van der Waals surface area contributed by atoms with Crippen LogP contribution in [0.4, 0.5) is 5.69 Å². The molecule has 2 unspecified atom stereocenters. The second kappa shape index (κ2) is 6.86. The Hall–Kier alpha value is -1.39. The Bertz CT molecular complexity index is 461. The lowest BCUT2D eigenvalue weighted by Gasteiger charge is -2.36. The summed E-state index contributed by atoms with van der Waals surface area (Å²) >= 11 is 0. The minimum atomic E-state index is -0.0919. The molecule has 4 nitrogen and oxygen atoms in total. The van der Waals surface area contributed by atoms with Gasteiger partial charge >= 0.3 is 0 Å². The normalized spacial score (nSPS) is 21.4. The smallest absolute Gasteiger partial charge is 0.241 e. The first-order chi connectivity index (χ1) is 9.61. The van der Waals surface area contributed by atoms with Gasteiger partial charge in [0.15, 0.2) is 0 Å². The predicted molar refractivity (Wildman–Crippen MR) is 82.9 cm³/mol. The van der Waals surface area contributed by atoms with E-state index in [1.807, 2.05) is 45.2 Å². The van der Waals surface area contributed by atoms with Gasteiger partial charge in [0, 0.05) is 18.3 Å². The SMILES string of the molecule is CNC1CCCN(C(C)C(=O)Nc2ccccc2C)C1. The Labute approximate surface area is 121 Å². The molecule has 2 atom stereocenters. The Morgan fingerprint density at radius 2 is 2.15 bits per heavy atom. The molecule has 1 aliphatic rings. The van der Waals surface area contributed by atoms with Crippen LogP contribution in [0.2, 0.25) is 0 Å². The van der Waals surface area contributed by atoms with Crippen LogP contribution in [0.15, 0.2) is 24.3 Å². The zero-order valence-corrected chi connectivity index (χ0v) is 12.6. The van der Waals surface area contributed by atoms with E-state index in [9.17, 15) is 4.79 Å². The highest BCUT2D eigenvalue weighted by molar-refractivity contribution is 5.95. The quantitative estimate of drug-likeness (QED) is 0.883. The molecule has 0 aromatic heterocycles. The molecule has 1 aromatic carbocycles. The molecule has 0 aliphatic carbocycles. The number of para-hydroxylation sites is 1. The fourth-order valence-electron chi connectivity index (χ4n) is 2.71. The summed E-state index contributed by atoms with van der Waals surface area (Å²) in [6.45, 7) is 5.95. The van der Waals surface area contributed by atoms with Gasteiger partial charge in [-0.2, -0.15) is 0 Å². The van der Waals surface area contributed by atoms with Gasteiger partial charge in [0.1, 0.15) is 0 Å². The monoisotopic (exact) mass is 275 g/mol. The average molecular weight is 275 g/mol. The molecule has 1 saturated heterocycles. The number of likely N-dealkylation sites (N-methyl/N-ethyl adjacent to an activating group) is 1. The van der Waals surface area contributed by atoms with Crippen LogP contribution < -0.4 is 10.6 Å². The molecule has 0 spiro atoms. The summed E-state index contributed by atoms with van der Waals surface area (Å²) in [7, 11) is 1.99. The first-order valence-corrected chi connectivity index (χ1v) is 7.39. The number of piperidine rings is 1. The molecule has 1 fully saturated rings. The fraction of sp³-hybridized carbons (Fsp3) is 0.562. The lowest BCUT2D eigenvalue weighted by Crippen LogP contribution is -2.51. The second-order valence-corrected chi connectivity index (χ2v) is 5.60. The lowest BCUT2D eigenvalue weighted by atomic mass is 10.0. The van der Waals surface area contributed by atoms with E-state index < -0.39 is 0 Å². The Kier molecular flexibility index (Phi) is 5.15. The number of anilines is 1. The molecule has 1 amide bonds. The van der Waals surface area contributed by atoms with E-state index in [2.05, 4.69) is 15.5 Å². The van der Waals surface area contributed by atoms with E-state index >= 15 is 0 Å². The summed E-state index contributed by atoms with van der Waals surface area (Å²) < 4.78 is 0. The van der Waals surface area contributed by atoms with E-state index in [1.54, 1.807) is 0 Å². The number of rotatable bonds is 4. The molecular formula is C16H25N3O. The molecule has 0 bridgehead atoms. The summed E-state index contributed by atoms with van der Waals surface area (Å²) in [4.78, 5) is 14.6. The van der Waals surface area contributed by atoms with Crippen molar-refractivity contribution in [1.82, 2.24) is 10.2 Å². The lowest BCUT2D eigenvalue weighted by molar-refractivity contribution is -0.121. The molecular weight excluding hydrogens is 250 g/mol. The van der Waals surface area contributed by atoms with Crippen molar-refractivity contribution in [2.75, 3.05) is 25.5 Å². The summed E-state index contributed by atoms with van der Waals surface area (Å²) in [6, 6.07) is 8.30. The van der Waals surface area contributed by atoms with Crippen molar-refractivity contribution in [3.8, 4) is 0 Å². The van der Waals surface area contributed by atoms with Crippen LogP contribution in [0.3, 0.4) is 0 Å². The van der Waals surface area contributed by atoms with Gasteiger partial charge in [-0.1, -0.05) is 18.2 Å². The molecule has 2 N–H and O–H groups in total. The van der Waals surface area contributed by atoms with E-state index in [0.717, 1.165) is 30.8 Å². The molecule has 4 heteroatoms. The van der Waals surface area contributed by atoms with E-state index in [-0.39, 0.29) is 11.9 Å². The van der Waals surface area contributed by atoms with Crippen molar-refractivity contribution < 1.29 is 4.79 Å². The van der Waals surface area contributed by atoms with Crippen molar-refractivity contribution >= 4 is 11.6 Å². The number of likely N-dealkylation sites (tertiary alicyclic amines) is 1. The standard InChI is InChI=1S/C16H25N3O/c1-12-7-4-5-9-15(12)18-16(20)13(2)19-10-6-8-14(11-19)17-3/h4-5,7,9,13-14,17H,6,8,10-11H2,1-3H3,(H,18,20). The van der Waals surface area contributed by atoms with Gasteiger partial charge in [-0.05, 0) is 51.9 Å². The molecule has 1 aromatic rings. The molecule has 1 aliphatic heterocycles. The van der Waals surface area contributed by atoms with Gasteiger partial charge in [-0.15, -0.1) is 0 Å². The van der Waals surface area contributed by atoms with Crippen molar-refractivity contribution in [3.63, 3.8) is 0 Å². The number of hydrogen-bond acceptors (Lipinski definition) is 3. The van der Waals surface area contributed by atoms with Crippen molar-refractivity contribution in [3.05, 3.63) is 29.8 Å². The summed E-state index contributed by atoms with van der Waals surface area (Å²) in [6.07, 6.45) is 2.34. The molecule has 110 valence electrons. The number of benzene rings is 1. The third-order valence-corrected chi connectivity index (χ3v) is 4.19. The maximum Gasteiger partial charge on any atom is 0.241 e. The van der Waals surface area contributed by atoms with Gasteiger partial charge in [0.2, 0.25) is 5.91 Å². The number of aryl methyl sites for hydroxylation is 1. The maximum atomic E-state index is 12.4. The number of amides is 1. The number of nitrogens with one attached hydrogen (secondary N) is 2. The van der Waals surface area contributed by atoms with Gasteiger partial charge in [-0.3, -0.25) is 9.69 Å². The maximum absolute atomic E-state index is 12.4. The Balaban J connectivity index is 1.96. The van der Waals surface area contributed by atoms with Gasteiger partial charge in [0.05, 0.1) is 6.04 Å². The van der Waals surface area contributed by atoms with Crippen LogP contribution in [0, 0.1) is 6.92 Å². The average Bonchev–Trinajstić information content (AvgIpc) is 2.48. The van der Waals surface area contributed by atoms with Crippen LogP contribution >= 0.6 is 0 Å². The van der Waals surface area contributed by atoms with E-state index in [1.165, 1.54) is 6.42 Å². The third kappa shape index (κ3) is 3.58. The van der Waals surface area contributed by atoms with Crippen LogP contribution in [0.5, 0.6) is 0 Å². The fourth-order valence-corrected chi connectivity index (χ4v) is 2.71. The molecule has 20 heavy (non-hydrogen) atoms. The van der Waals surface area contributed by atoms with Gasteiger partial charge in [-0.25, -0.2) is 0 Å². The highest BCUT2D eigenvalue weighted by Gasteiger charge is 2.26. The second-order valence-electron chi connectivity index (χ2n) is 5.60. The molecule has 0 radical (unpaired) electrons. The van der Waals surface area contributed by atoms with Crippen molar-refractivity contribution in [2.45, 2.75) is 38.8 Å². The van der Waals surface area contributed by atoms with Gasteiger partial charge < -0.3 is 10.6 Å². The predicted octanol–water partition coefficient (Wildman–Crippen LogP) is 2.01. The number of carbonyl (C=O) groups excluding carboxylic acids is 1. The summed E-state index contributed by atoms with van der Waals surface area (Å²) in [5, 5.41) is 6.35. The minimum absolute atomic E-state index is 0.0797. The van der Waals surface area contributed by atoms with Crippen LogP contribution in [-0.4, -0.2) is 43.0 Å². The van der Waals surface area contributed by atoms with E-state index in [0.29, 0.717) is 6.04 Å². The first-order valence-electron chi connectivity index (χ1n) is 7.39. The van der Waals surface area contributed by atoms with Crippen LogP contribution in [0.1, 0.15) is 25.3 Å². The first kappa shape index (κ1) is 15.0. The zero-order chi connectivity index (χ0) is 14.5. The highest BCUT2D eigenvalue weighted by atomic mass is 16.2. The summed E-state index contributed by atoms with van der Waals surface area (Å²) in [5.41, 5.74) is 2.01.